The van der Waals surface area contributed by atoms with Crippen molar-refractivity contribution < 1.29 is 9.59 Å². The summed E-state index contributed by atoms with van der Waals surface area (Å²) >= 11 is 1.33. The Labute approximate surface area is 115 Å². The van der Waals surface area contributed by atoms with Gasteiger partial charge in [-0.25, -0.2) is 5.01 Å². The molecule has 0 aromatic carbocycles. The Morgan fingerprint density at radius 1 is 1.32 bits per heavy atom. The molecule has 0 saturated carbocycles. The Bertz CT molecular complexity index is 546. The molecule has 1 aromatic heterocycles. The van der Waals surface area contributed by atoms with Crippen molar-refractivity contribution in [3.63, 3.8) is 0 Å². The van der Waals surface area contributed by atoms with Gasteiger partial charge in [-0.2, -0.15) is 0 Å². The third kappa shape index (κ3) is 2.60. The van der Waals surface area contributed by atoms with Crippen LogP contribution in [0.5, 0.6) is 0 Å². The zero-order chi connectivity index (χ0) is 14.0. The summed E-state index contributed by atoms with van der Waals surface area (Å²) in [5.41, 5.74) is 0.895. The highest BCUT2D eigenvalue weighted by Crippen LogP contribution is 2.44. The van der Waals surface area contributed by atoms with E-state index in [2.05, 4.69) is 15.4 Å². The van der Waals surface area contributed by atoms with E-state index >= 15 is 0 Å². The summed E-state index contributed by atoms with van der Waals surface area (Å²) in [4.78, 5) is 26.1. The predicted molar refractivity (Wildman–Crippen MR) is 73.0 cm³/mol. The Morgan fingerprint density at radius 3 is 2.47 bits per heavy atom. The fraction of sp³-hybridized carbons (Fsp3) is 0.333. The zero-order valence-electron chi connectivity index (χ0n) is 10.9. The average molecular weight is 278 g/mol. The zero-order valence-corrected chi connectivity index (χ0v) is 11.7. The first-order chi connectivity index (χ1) is 8.93. The number of amidine groups is 1. The maximum Gasteiger partial charge on any atom is 0.241 e. The SMILES string of the molecule is CC(=O)NC1=NN(C(C)=O)C(C)(c2ccncc2)S1. The van der Waals surface area contributed by atoms with Crippen LogP contribution in [0.3, 0.4) is 0 Å². The summed E-state index contributed by atoms with van der Waals surface area (Å²) in [7, 11) is 0. The lowest BCUT2D eigenvalue weighted by molar-refractivity contribution is -0.131. The molecule has 2 heterocycles. The Morgan fingerprint density at radius 2 is 1.95 bits per heavy atom. The van der Waals surface area contributed by atoms with E-state index in [0.717, 1.165) is 5.56 Å². The van der Waals surface area contributed by atoms with Crippen LogP contribution in [-0.4, -0.2) is 27.0 Å². The summed E-state index contributed by atoms with van der Waals surface area (Å²) in [6.45, 7) is 4.73. The summed E-state index contributed by atoms with van der Waals surface area (Å²) < 4.78 is 0. The van der Waals surface area contributed by atoms with E-state index in [9.17, 15) is 9.59 Å². The average Bonchev–Trinajstić information content (AvgIpc) is 2.68. The molecule has 2 amide bonds. The van der Waals surface area contributed by atoms with Crippen molar-refractivity contribution >= 4 is 28.7 Å². The molecule has 1 aliphatic heterocycles. The standard InChI is InChI=1S/C12H14N4O2S/c1-8(17)14-11-15-16(9(2)18)12(3,19-11)10-4-6-13-7-5-10/h4-7H,1-3H3,(H,14,15,17). The number of aromatic nitrogens is 1. The highest BCUT2D eigenvalue weighted by Gasteiger charge is 2.43. The van der Waals surface area contributed by atoms with Gasteiger partial charge in [-0.15, -0.1) is 5.10 Å². The molecule has 7 heteroatoms. The number of amides is 2. The van der Waals surface area contributed by atoms with Gasteiger partial charge in [-0.05, 0) is 24.6 Å². The minimum Gasteiger partial charge on any atom is -0.304 e. The molecule has 6 nitrogen and oxygen atoms in total. The van der Waals surface area contributed by atoms with Gasteiger partial charge in [-0.3, -0.25) is 14.6 Å². The first-order valence-corrected chi connectivity index (χ1v) is 6.51. The number of hydrogen-bond donors (Lipinski definition) is 1. The molecule has 1 unspecified atom stereocenters. The van der Waals surface area contributed by atoms with Crippen LogP contribution in [-0.2, 0) is 14.5 Å². The van der Waals surface area contributed by atoms with E-state index in [1.165, 1.54) is 30.6 Å². The van der Waals surface area contributed by atoms with Gasteiger partial charge in [-0.1, -0.05) is 11.8 Å². The molecular weight excluding hydrogens is 264 g/mol. The monoisotopic (exact) mass is 278 g/mol. The van der Waals surface area contributed by atoms with Crippen LogP contribution in [0.1, 0.15) is 26.3 Å². The molecule has 1 atom stereocenters. The Hall–Kier alpha value is -1.89. The summed E-state index contributed by atoms with van der Waals surface area (Å²) in [5, 5.41) is 8.58. The molecular formula is C12H14N4O2S. The number of hydrazone groups is 1. The van der Waals surface area contributed by atoms with Crippen molar-refractivity contribution in [1.82, 2.24) is 15.3 Å². The van der Waals surface area contributed by atoms with Gasteiger partial charge in [0.05, 0.1) is 0 Å². The highest BCUT2D eigenvalue weighted by atomic mass is 32.2. The van der Waals surface area contributed by atoms with Crippen molar-refractivity contribution in [3.05, 3.63) is 30.1 Å². The summed E-state index contributed by atoms with van der Waals surface area (Å²) in [6.07, 6.45) is 3.33. The van der Waals surface area contributed by atoms with Gasteiger partial charge in [0.2, 0.25) is 11.8 Å². The van der Waals surface area contributed by atoms with E-state index in [0.29, 0.717) is 5.17 Å². The van der Waals surface area contributed by atoms with Crippen molar-refractivity contribution in [2.45, 2.75) is 25.6 Å². The molecule has 0 saturated heterocycles. The van der Waals surface area contributed by atoms with Gasteiger partial charge in [0.25, 0.3) is 0 Å². The lowest BCUT2D eigenvalue weighted by Gasteiger charge is -2.30. The maximum absolute atomic E-state index is 11.7. The number of nitrogens with one attached hydrogen (secondary N) is 1. The minimum atomic E-state index is -0.674. The third-order valence-electron chi connectivity index (χ3n) is 2.69. The number of thioether (sulfide) groups is 1. The predicted octanol–water partition coefficient (Wildman–Crippen LogP) is 1.26. The smallest absolute Gasteiger partial charge is 0.241 e. The van der Waals surface area contributed by atoms with Crippen molar-refractivity contribution in [2.75, 3.05) is 0 Å². The molecule has 19 heavy (non-hydrogen) atoms. The summed E-state index contributed by atoms with van der Waals surface area (Å²) in [6, 6.07) is 3.66. The van der Waals surface area contributed by atoms with E-state index in [1.54, 1.807) is 12.4 Å². The van der Waals surface area contributed by atoms with Crippen molar-refractivity contribution in [1.29, 1.82) is 0 Å². The minimum absolute atomic E-state index is 0.188. The van der Waals surface area contributed by atoms with Crippen LogP contribution >= 0.6 is 11.8 Å². The first-order valence-electron chi connectivity index (χ1n) is 5.70. The van der Waals surface area contributed by atoms with Crippen LogP contribution < -0.4 is 5.32 Å². The maximum atomic E-state index is 11.7. The number of pyridine rings is 1. The number of carbonyl (C=O) groups is 2. The lowest BCUT2D eigenvalue weighted by Crippen LogP contribution is -2.37. The van der Waals surface area contributed by atoms with E-state index < -0.39 is 4.87 Å². The molecule has 1 aliphatic rings. The lowest BCUT2D eigenvalue weighted by atomic mass is 10.1. The topological polar surface area (TPSA) is 74.7 Å². The normalized spacial score (nSPS) is 22.1. The van der Waals surface area contributed by atoms with Crippen LogP contribution in [0.25, 0.3) is 0 Å². The van der Waals surface area contributed by atoms with Crippen LogP contribution in [0.4, 0.5) is 0 Å². The van der Waals surface area contributed by atoms with E-state index in [4.69, 9.17) is 0 Å². The second kappa shape index (κ2) is 5.00. The highest BCUT2D eigenvalue weighted by molar-refractivity contribution is 8.14. The van der Waals surface area contributed by atoms with Crippen molar-refractivity contribution in [2.24, 2.45) is 5.10 Å². The fourth-order valence-electron chi connectivity index (χ4n) is 1.85. The molecule has 0 fully saturated rings. The molecule has 1 N–H and O–H groups in total. The third-order valence-corrected chi connectivity index (χ3v) is 3.87. The molecule has 0 bridgehead atoms. The second-order valence-electron chi connectivity index (χ2n) is 4.24. The Balaban J connectivity index is 2.36. The van der Waals surface area contributed by atoms with Gasteiger partial charge in [0.1, 0.15) is 4.87 Å². The molecule has 0 radical (unpaired) electrons. The van der Waals surface area contributed by atoms with E-state index in [-0.39, 0.29) is 11.8 Å². The van der Waals surface area contributed by atoms with Gasteiger partial charge in [0.15, 0.2) is 5.17 Å². The molecule has 2 rings (SSSR count). The van der Waals surface area contributed by atoms with Gasteiger partial charge >= 0.3 is 0 Å². The number of carbonyl (C=O) groups excluding carboxylic acids is 2. The molecule has 100 valence electrons. The molecule has 1 aromatic rings. The first kappa shape index (κ1) is 13.5. The van der Waals surface area contributed by atoms with Crippen LogP contribution in [0, 0.1) is 0 Å². The van der Waals surface area contributed by atoms with Crippen molar-refractivity contribution in [3.8, 4) is 0 Å². The van der Waals surface area contributed by atoms with E-state index in [1.807, 2.05) is 19.1 Å². The van der Waals surface area contributed by atoms with Gasteiger partial charge in [0, 0.05) is 26.2 Å². The van der Waals surface area contributed by atoms with Crippen LogP contribution in [0.15, 0.2) is 29.6 Å². The number of nitrogens with zero attached hydrogens (tertiary/aromatic N) is 3. The fourth-order valence-corrected chi connectivity index (χ4v) is 3.06. The largest absolute Gasteiger partial charge is 0.304 e. The molecule has 0 aliphatic carbocycles. The van der Waals surface area contributed by atoms with Gasteiger partial charge < -0.3 is 5.32 Å². The second-order valence-corrected chi connectivity index (χ2v) is 5.62. The quantitative estimate of drug-likeness (QED) is 0.839. The Kier molecular flexibility index (Phi) is 3.57. The molecule has 0 spiro atoms. The number of hydrogen-bond acceptors (Lipinski definition) is 5. The van der Waals surface area contributed by atoms with Crippen LogP contribution in [0.2, 0.25) is 0 Å². The summed E-state index contributed by atoms with van der Waals surface area (Å²) in [5.74, 6) is -0.402. The number of rotatable bonds is 1.